The number of rotatable bonds is 5. The predicted octanol–water partition coefficient (Wildman–Crippen LogP) is 4.03. The lowest BCUT2D eigenvalue weighted by Gasteiger charge is -2.36. The molecular formula is C27H38N4O4. The number of aromatic nitrogens is 1. The first-order chi connectivity index (χ1) is 16.7. The maximum Gasteiger partial charge on any atom is 0.410 e. The van der Waals surface area contributed by atoms with Crippen molar-refractivity contribution >= 4 is 12.0 Å². The highest BCUT2D eigenvalue weighted by Crippen LogP contribution is 2.26. The Bertz CT molecular complexity index is 995. The van der Waals surface area contributed by atoms with Crippen LogP contribution in [0.25, 0.3) is 0 Å². The molecule has 0 atom stereocenters. The Hall–Kier alpha value is -3.00. The first-order valence-electron chi connectivity index (χ1n) is 12.5. The number of hydrogen-bond donors (Lipinski definition) is 0. The van der Waals surface area contributed by atoms with Crippen LogP contribution >= 0.6 is 0 Å². The van der Waals surface area contributed by atoms with Gasteiger partial charge in [-0.25, -0.2) is 4.79 Å². The molecule has 2 aliphatic rings. The molecule has 1 aromatic heterocycles. The van der Waals surface area contributed by atoms with Crippen LogP contribution in [-0.2, 0) is 11.3 Å². The molecule has 3 heterocycles. The van der Waals surface area contributed by atoms with Gasteiger partial charge in [0.15, 0.2) is 0 Å². The molecule has 190 valence electrons. The van der Waals surface area contributed by atoms with Crippen LogP contribution in [0, 0.1) is 0 Å². The number of likely N-dealkylation sites (tertiary alicyclic amines) is 1. The standard InChI is InChI=1S/C27H38N4O4/c1-27(2,3)35-26(33)30-14-11-22(12-15-30)31-13-5-6-24(31)25(32)29-18-16-28(17-19-29)20-21-7-9-23(34-4)10-8-21/h5-10,13,22H,11-12,14-20H2,1-4H3. The number of hydrogen-bond acceptors (Lipinski definition) is 5. The largest absolute Gasteiger partial charge is 0.497 e. The molecule has 2 amide bonds. The highest BCUT2D eigenvalue weighted by molar-refractivity contribution is 5.93. The number of nitrogens with zero attached hydrogens (tertiary/aromatic N) is 4. The Balaban J connectivity index is 1.29. The third-order valence-corrected chi connectivity index (χ3v) is 6.73. The summed E-state index contributed by atoms with van der Waals surface area (Å²) in [6.07, 6.45) is 3.36. The average Bonchev–Trinajstić information content (AvgIpc) is 3.34. The van der Waals surface area contributed by atoms with E-state index in [9.17, 15) is 9.59 Å². The average molecular weight is 483 g/mol. The second-order valence-corrected chi connectivity index (χ2v) is 10.4. The lowest BCUT2D eigenvalue weighted by atomic mass is 10.0. The van der Waals surface area contributed by atoms with Gasteiger partial charge in [-0.05, 0) is 63.4 Å². The smallest absolute Gasteiger partial charge is 0.410 e. The second-order valence-electron chi connectivity index (χ2n) is 10.4. The summed E-state index contributed by atoms with van der Waals surface area (Å²) in [7, 11) is 1.68. The molecule has 35 heavy (non-hydrogen) atoms. The van der Waals surface area contributed by atoms with Gasteiger partial charge in [0.25, 0.3) is 5.91 Å². The van der Waals surface area contributed by atoms with Gasteiger partial charge < -0.3 is 23.8 Å². The topological polar surface area (TPSA) is 67.2 Å². The summed E-state index contributed by atoms with van der Waals surface area (Å²) in [5, 5.41) is 0. The van der Waals surface area contributed by atoms with E-state index in [-0.39, 0.29) is 18.0 Å². The molecule has 8 nitrogen and oxygen atoms in total. The summed E-state index contributed by atoms with van der Waals surface area (Å²) in [5.41, 5.74) is 1.49. The monoisotopic (exact) mass is 482 g/mol. The SMILES string of the molecule is COc1ccc(CN2CCN(C(=O)c3cccn3C3CCN(C(=O)OC(C)(C)C)CC3)CC2)cc1. The molecule has 2 aromatic rings. The maximum atomic E-state index is 13.4. The van der Waals surface area contributed by atoms with E-state index in [0.717, 1.165) is 57.0 Å². The minimum atomic E-state index is -0.493. The van der Waals surface area contributed by atoms with E-state index in [4.69, 9.17) is 9.47 Å². The summed E-state index contributed by atoms with van der Waals surface area (Å²) >= 11 is 0. The number of benzene rings is 1. The molecule has 2 saturated heterocycles. The molecule has 0 aliphatic carbocycles. The van der Waals surface area contributed by atoms with Crippen molar-refractivity contribution in [3.63, 3.8) is 0 Å². The van der Waals surface area contributed by atoms with Gasteiger partial charge in [-0.15, -0.1) is 0 Å². The molecule has 0 radical (unpaired) electrons. The molecule has 4 rings (SSSR count). The van der Waals surface area contributed by atoms with Gasteiger partial charge in [-0.1, -0.05) is 12.1 Å². The van der Waals surface area contributed by atoms with Crippen molar-refractivity contribution < 1.29 is 19.1 Å². The van der Waals surface area contributed by atoms with Crippen molar-refractivity contribution in [1.29, 1.82) is 0 Å². The van der Waals surface area contributed by atoms with Gasteiger partial charge in [-0.3, -0.25) is 9.69 Å². The number of piperazine rings is 1. The minimum absolute atomic E-state index is 0.0914. The fourth-order valence-corrected chi connectivity index (χ4v) is 4.81. The van der Waals surface area contributed by atoms with E-state index < -0.39 is 5.60 Å². The third-order valence-electron chi connectivity index (χ3n) is 6.73. The summed E-state index contributed by atoms with van der Waals surface area (Å²) in [4.78, 5) is 31.9. The Kier molecular flexibility index (Phi) is 7.69. The highest BCUT2D eigenvalue weighted by atomic mass is 16.6. The van der Waals surface area contributed by atoms with Crippen LogP contribution in [0.15, 0.2) is 42.6 Å². The molecule has 1 aromatic carbocycles. The quantitative estimate of drug-likeness (QED) is 0.644. The molecule has 8 heteroatoms. The molecule has 0 N–H and O–H groups in total. The number of carbonyl (C=O) groups excluding carboxylic acids is 2. The summed E-state index contributed by atoms with van der Waals surface area (Å²) in [5.74, 6) is 0.955. The summed E-state index contributed by atoms with van der Waals surface area (Å²) in [6.45, 7) is 10.9. The highest BCUT2D eigenvalue weighted by Gasteiger charge is 2.30. The van der Waals surface area contributed by atoms with Crippen LogP contribution in [-0.4, -0.2) is 83.2 Å². The number of methoxy groups -OCH3 is 1. The van der Waals surface area contributed by atoms with Gasteiger partial charge in [0.2, 0.25) is 0 Å². The van der Waals surface area contributed by atoms with E-state index in [1.165, 1.54) is 5.56 Å². The molecule has 0 unspecified atom stereocenters. The van der Waals surface area contributed by atoms with Crippen LogP contribution in [0.2, 0.25) is 0 Å². The van der Waals surface area contributed by atoms with E-state index in [2.05, 4.69) is 21.6 Å². The van der Waals surface area contributed by atoms with E-state index >= 15 is 0 Å². The number of ether oxygens (including phenoxy) is 2. The second kappa shape index (κ2) is 10.7. The fraction of sp³-hybridized carbons (Fsp3) is 0.556. The molecule has 0 bridgehead atoms. The van der Waals surface area contributed by atoms with Crippen molar-refractivity contribution in [2.45, 2.75) is 51.8 Å². The zero-order valence-electron chi connectivity index (χ0n) is 21.4. The first-order valence-corrected chi connectivity index (χ1v) is 12.5. The Labute approximate surface area is 208 Å². The Morgan fingerprint density at radius 2 is 1.57 bits per heavy atom. The summed E-state index contributed by atoms with van der Waals surface area (Å²) < 4.78 is 12.9. The number of carbonyl (C=O) groups is 2. The third kappa shape index (κ3) is 6.36. The number of piperidine rings is 1. The fourth-order valence-electron chi connectivity index (χ4n) is 4.81. The zero-order valence-corrected chi connectivity index (χ0v) is 21.4. The normalized spacial score (nSPS) is 17.9. The lowest BCUT2D eigenvalue weighted by Crippen LogP contribution is -2.49. The molecule has 0 saturated carbocycles. The van der Waals surface area contributed by atoms with Crippen LogP contribution in [0.1, 0.15) is 55.7 Å². The number of amides is 2. The first kappa shape index (κ1) is 25.1. The van der Waals surface area contributed by atoms with Crippen LogP contribution < -0.4 is 4.74 Å². The predicted molar refractivity (Wildman–Crippen MR) is 135 cm³/mol. The van der Waals surface area contributed by atoms with Gasteiger partial charge in [0, 0.05) is 58.1 Å². The minimum Gasteiger partial charge on any atom is -0.497 e. The summed E-state index contributed by atoms with van der Waals surface area (Å²) in [6, 6.07) is 12.2. The van der Waals surface area contributed by atoms with Crippen molar-refractivity contribution in [2.75, 3.05) is 46.4 Å². The molecule has 0 spiro atoms. The Morgan fingerprint density at radius 3 is 2.17 bits per heavy atom. The zero-order chi connectivity index (χ0) is 25.0. The Morgan fingerprint density at radius 1 is 0.914 bits per heavy atom. The van der Waals surface area contributed by atoms with E-state index in [1.807, 2.05) is 56.1 Å². The van der Waals surface area contributed by atoms with Crippen LogP contribution in [0.3, 0.4) is 0 Å². The van der Waals surface area contributed by atoms with Gasteiger partial charge in [0.05, 0.1) is 7.11 Å². The van der Waals surface area contributed by atoms with Crippen molar-refractivity contribution in [3.05, 3.63) is 53.9 Å². The van der Waals surface area contributed by atoms with Crippen LogP contribution in [0.4, 0.5) is 4.79 Å². The van der Waals surface area contributed by atoms with Crippen molar-refractivity contribution in [2.24, 2.45) is 0 Å². The molecular weight excluding hydrogens is 444 g/mol. The maximum absolute atomic E-state index is 13.4. The van der Waals surface area contributed by atoms with Crippen LogP contribution in [0.5, 0.6) is 5.75 Å². The molecule has 2 fully saturated rings. The van der Waals surface area contributed by atoms with Gasteiger partial charge >= 0.3 is 6.09 Å². The molecule has 2 aliphatic heterocycles. The van der Waals surface area contributed by atoms with Gasteiger partial charge in [-0.2, -0.15) is 0 Å². The van der Waals surface area contributed by atoms with E-state index in [1.54, 1.807) is 12.0 Å². The van der Waals surface area contributed by atoms with Crippen molar-refractivity contribution in [3.8, 4) is 5.75 Å². The lowest BCUT2D eigenvalue weighted by molar-refractivity contribution is 0.0186. The van der Waals surface area contributed by atoms with Gasteiger partial charge in [0.1, 0.15) is 17.0 Å². The van der Waals surface area contributed by atoms with Crippen molar-refractivity contribution in [1.82, 2.24) is 19.3 Å². The van der Waals surface area contributed by atoms with E-state index in [0.29, 0.717) is 13.1 Å².